The van der Waals surface area contributed by atoms with Gasteiger partial charge in [0.25, 0.3) is 11.5 Å². The van der Waals surface area contributed by atoms with Gasteiger partial charge in [0, 0.05) is 11.1 Å². The maximum absolute atomic E-state index is 13.1. The number of amides is 1. The summed E-state index contributed by atoms with van der Waals surface area (Å²) in [5, 5.41) is 11.9. The third-order valence-corrected chi connectivity index (χ3v) is 4.97. The van der Waals surface area contributed by atoms with Gasteiger partial charge in [-0.25, -0.2) is 4.98 Å². The summed E-state index contributed by atoms with van der Waals surface area (Å²) in [6.45, 7) is -0.268. The van der Waals surface area contributed by atoms with Crippen LogP contribution < -0.4 is 15.6 Å². The quantitative estimate of drug-likeness (QED) is 0.418. The molecule has 0 aliphatic rings. The molecular formula is C26H21N3O5. The Morgan fingerprint density at radius 2 is 1.65 bits per heavy atom. The lowest BCUT2D eigenvalue weighted by Gasteiger charge is -2.14. The van der Waals surface area contributed by atoms with Gasteiger partial charge in [0.05, 0.1) is 6.20 Å². The van der Waals surface area contributed by atoms with Gasteiger partial charge in [-0.15, -0.1) is 0 Å². The zero-order valence-electron chi connectivity index (χ0n) is 18.0. The Kier molecular flexibility index (Phi) is 6.78. The second kappa shape index (κ2) is 10.3. The highest BCUT2D eigenvalue weighted by atomic mass is 16.5. The Balaban J connectivity index is 1.64. The van der Waals surface area contributed by atoms with Crippen molar-refractivity contribution in [2.45, 2.75) is 13.2 Å². The van der Waals surface area contributed by atoms with E-state index in [-0.39, 0.29) is 11.5 Å². The summed E-state index contributed by atoms with van der Waals surface area (Å²) in [7, 11) is 0. The summed E-state index contributed by atoms with van der Waals surface area (Å²) in [4.78, 5) is 41.3. The Hall–Kier alpha value is -4.72. The molecule has 0 aliphatic carbocycles. The number of aliphatic carboxylic acids is 1. The largest absolute Gasteiger partial charge is 0.489 e. The van der Waals surface area contributed by atoms with Gasteiger partial charge < -0.3 is 15.2 Å². The zero-order valence-corrected chi connectivity index (χ0v) is 18.0. The molecule has 0 spiro atoms. The van der Waals surface area contributed by atoms with Gasteiger partial charge in [-0.3, -0.25) is 19.0 Å². The van der Waals surface area contributed by atoms with Crippen LogP contribution in [0, 0.1) is 0 Å². The molecule has 1 aromatic heterocycles. The number of rotatable bonds is 8. The van der Waals surface area contributed by atoms with E-state index in [1.165, 1.54) is 6.20 Å². The number of carboxylic acids is 1. The van der Waals surface area contributed by atoms with Crippen molar-refractivity contribution < 1.29 is 19.4 Å². The van der Waals surface area contributed by atoms with Crippen LogP contribution in [0.2, 0.25) is 0 Å². The van der Waals surface area contributed by atoms with E-state index in [0.29, 0.717) is 23.5 Å². The highest BCUT2D eigenvalue weighted by Gasteiger charge is 2.17. The Morgan fingerprint density at radius 1 is 0.941 bits per heavy atom. The fraction of sp³-hybridized carbons (Fsp3) is 0.0769. The number of ether oxygens (including phenoxy) is 1. The van der Waals surface area contributed by atoms with E-state index in [1.807, 2.05) is 30.3 Å². The number of carboxylic acid groups (broad SMARTS) is 1. The number of anilines is 1. The number of hydrogen-bond acceptors (Lipinski definition) is 5. The standard InChI is InChI=1S/C26H21N3O5/c30-23(31)16-29-24(20-12-7-13-21(14-20)34-17-18-8-3-1-4-9-18)27-15-22(26(29)33)28-25(32)19-10-5-2-6-11-19/h1-15H,16-17H2,(H,28,32)(H,30,31). The first-order chi connectivity index (χ1) is 16.5. The molecule has 0 radical (unpaired) electrons. The fourth-order valence-corrected chi connectivity index (χ4v) is 3.34. The third kappa shape index (κ3) is 5.36. The molecule has 170 valence electrons. The van der Waals surface area contributed by atoms with Crippen LogP contribution in [0.5, 0.6) is 5.75 Å². The first-order valence-electron chi connectivity index (χ1n) is 10.5. The molecule has 0 aliphatic heterocycles. The van der Waals surface area contributed by atoms with Crippen LogP contribution in [0.15, 0.2) is 95.9 Å². The number of benzene rings is 3. The zero-order chi connectivity index (χ0) is 23.9. The van der Waals surface area contributed by atoms with Crippen LogP contribution in [-0.4, -0.2) is 26.5 Å². The minimum Gasteiger partial charge on any atom is -0.489 e. The SMILES string of the molecule is O=C(O)Cn1c(-c2cccc(OCc3ccccc3)c2)ncc(NC(=O)c2ccccc2)c1=O. The minimum atomic E-state index is -1.21. The molecule has 4 rings (SSSR count). The smallest absolute Gasteiger partial charge is 0.323 e. The first kappa shape index (κ1) is 22.5. The number of hydrogen-bond donors (Lipinski definition) is 2. The van der Waals surface area contributed by atoms with Crippen LogP contribution in [0.25, 0.3) is 11.4 Å². The summed E-state index contributed by atoms with van der Waals surface area (Å²) >= 11 is 0. The van der Waals surface area contributed by atoms with Crippen LogP contribution >= 0.6 is 0 Å². The number of nitrogens with one attached hydrogen (secondary N) is 1. The van der Waals surface area contributed by atoms with Gasteiger partial charge >= 0.3 is 5.97 Å². The highest BCUT2D eigenvalue weighted by Crippen LogP contribution is 2.23. The van der Waals surface area contributed by atoms with E-state index in [0.717, 1.165) is 10.1 Å². The Morgan fingerprint density at radius 3 is 2.35 bits per heavy atom. The molecule has 0 unspecified atom stereocenters. The monoisotopic (exact) mass is 455 g/mol. The first-order valence-corrected chi connectivity index (χ1v) is 10.5. The molecule has 8 nitrogen and oxygen atoms in total. The van der Waals surface area contributed by atoms with Crippen LogP contribution in [0.3, 0.4) is 0 Å². The number of nitrogens with zero attached hydrogens (tertiary/aromatic N) is 2. The van der Waals surface area contributed by atoms with Crippen molar-refractivity contribution in [3.63, 3.8) is 0 Å². The molecule has 4 aromatic rings. The van der Waals surface area contributed by atoms with E-state index >= 15 is 0 Å². The predicted molar refractivity (Wildman–Crippen MR) is 127 cm³/mol. The summed E-state index contributed by atoms with van der Waals surface area (Å²) < 4.78 is 6.86. The van der Waals surface area contributed by atoms with Crippen LogP contribution in [-0.2, 0) is 17.9 Å². The lowest BCUT2D eigenvalue weighted by atomic mass is 10.2. The molecule has 0 bridgehead atoms. The normalized spacial score (nSPS) is 10.5. The van der Waals surface area contributed by atoms with E-state index in [9.17, 15) is 19.5 Å². The molecule has 3 aromatic carbocycles. The number of aromatic nitrogens is 2. The topological polar surface area (TPSA) is 111 Å². The summed E-state index contributed by atoms with van der Waals surface area (Å²) in [6, 6.07) is 24.9. The second-order valence-corrected chi connectivity index (χ2v) is 7.40. The van der Waals surface area contributed by atoms with E-state index in [2.05, 4.69) is 10.3 Å². The molecule has 0 fully saturated rings. The molecule has 34 heavy (non-hydrogen) atoms. The van der Waals surface area contributed by atoms with Crippen molar-refractivity contribution in [3.05, 3.63) is 113 Å². The van der Waals surface area contributed by atoms with Gasteiger partial charge in [0.1, 0.15) is 30.4 Å². The average Bonchev–Trinajstić information content (AvgIpc) is 2.86. The summed E-state index contributed by atoms with van der Waals surface area (Å²) in [6.07, 6.45) is 1.23. The van der Waals surface area contributed by atoms with Crippen LogP contribution in [0.4, 0.5) is 5.69 Å². The van der Waals surface area contributed by atoms with Crippen molar-refractivity contribution in [1.29, 1.82) is 0 Å². The lowest BCUT2D eigenvalue weighted by molar-refractivity contribution is -0.137. The predicted octanol–water partition coefficient (Wildman–Crippen LogP) is 3.83. The maximum atomic E-state index is 13.1. The maximum Gasteiger partial charge on any atom is 0.323 e. The van der Waals surface area contributed by atoms with Crippen LogP contribution in [0.1, 0.15) is 15.9 Å². The summed E-state index contributed by atoms with van der Waals surface area (Å²) in [5.41, 5.74) is 1.07. The van der Waals surface area contributed by atoms with Gasteiger partial charge in [-0.05, 0) is 29.8 Å². The van der Waals surface area contributed by atoms with Gasteiger partial charge in [0.15, 0.2) is 0 Å². The number of carbonyl (C=O) groups excluding carboxylic acids is 1. The molecule has 8 heteroatoms. The second-order valence-electron chi connectivity index (χ2n) is 7.40. The molecule has 1 amide bonds. The lowest BCUT2D eigenvalue weighted by Crippen LogP contribution is -2.30. The van der Waals surface area contributed by atoms with Crippen molar-refractivity contribution in [1.82, 2.24) is 9.55 Å². The molecule has 0 atom stereocenters. The molecule has 0 saturated heterocycles. The number of carbonyl (C=O) groups is 2. The van der Waals surface area contributed by atoms with E-state index in [1.54, 1.807) is 54.6 Å². The Bertz CT molecular complexity index is 1370. The van der Waals surface area contributed by atoms with Gasteiger partial charge in [0.2, 0.25) is 0 Å². The summed E-state index contributed by atoms with van der Waals surface area (Å²) in [5.74, 6) is -1.02. The Labute approximate surface area is 195 Å². The average molecular weight is 455 g/mol. The molecule has 0 saturated carbocycles. The van der Waals surface area contributed by atoms with Crippen molar-refractivity contribution in [3.8, 4) is 17.1 Å². The van der Waals surface area contributed by atoms with E-state index < -0.39 is 24.0 Å². The highest BCUT2D eigenvalue weighted by molar-refractivity contribution is 6.04. The fourth-order valence-electron chi connectivity index (χ4n) is 3.34. The third-order valence-electron chi connectivity index (χ3n) is 4.97. The van der Waals surface area contributed by atoms with E-state index in [4.69, 9.17) is 4.74 Å². The minimum absolute atomic E-state index is 0.115. The van der Waals surface area contributed by atoms with Crippen molar-refractivity contribution in [2.24, 2.45) is 0 Å². The van der Waals surface area contributed by atoms with Crippen molar-refractivity contribution in [2.75, 3.05) is 5.32 Å². The van der Waals surface area contributed by atoms with Gasteiger partial charge in [-0.1, -0.05) is 60.7 Å². The van der Waals surface area contributed by atoms with Gasteiger partial charge in [-0.2, -0.15) is 0 Å². The molecular weight excluding hydrogens is 434 g/mol. The molecule has 2 N–H and O–H groups in total. The van der Waals surface area contributed by atoms with Crippen molar-refractivity contribution >= 4 is 17.6 Å². The molecule has 1 heterocycles.